The quantitative estimate of drug-likeness (QED) is 0.581. The molecule has 1 unspecified atom stereocenters. The van der Waals surface area contributed by atoms with E-state index in [-0.39, 0.29) is 0 Å². The van der Waals surface area contributed by atoms with Crippen molar-refractivity contribution < 1.29 is 5.11 Å². The molecule has 0 bridgehead atoms. The third-order valence-electron chi connectivity index (χ3n) is 5.08. The fourth-order valence-corrected chi connectivity index (χ4v) is 5.02. The molecule has 2 aromatic heterocycles. The molecule has 1 aliphatic rings. The summed E-state index contributed by atoms with van der Waals surface area (Å²) in [7, 11) is 0. The van der Waals surface area contributed by atoms with Crippen molar-refractivity contribution in [1.29, 1.82) is 0 Å². The van der Waals surface area contributed by atoms with Crippen LogP contribution in [0, 0.1) is 0 Å². The predicted molar refractivity (Wildman–Crippen MR) is 113 cm³/mol. The molecule has 0 spiro atoms. The maximum atomic E-state index is 11.1. The number of hydrogen-bond acceptors (Lipinski definition) is 4. The third kappa shape index (κ3) is 3.86. The summed E-state index contributed by atoms with van der Waals surface area (Å²) < 4.78 is 0.991. The Balaban J connectivity index is 1.74. The number of hydrogen-bond donors (Lipinski definition) is 1. The smallest absolute Gasteiger partial charge is 0.0924 e. The zero-order chi connectivity index (χ0) is 17.9. The van der Waals surface area contributed by atoms with Crippen molar-refractivity contribution in [1.82, 2.24) is 9.88 Å². The van der Waals surface area contributed by atoms with E-state index in [1.165, 1.54) is 25.7 Å². The van der Waals surface area contributed by atoms with Crippen molar-refractivity contribution in [2.24, 2.45) is 0 Å². The van der Waals surface area contributed by atoms with Crippen molar-refractivity contribution in [2.45, 2.75) is 31.8 Å². The minimum Gasteiger partial charge on any atom is -0.387 e. The van der Waals surface area contributed by atoms with Gasteiger partial charge in [0.15, 0.2) is 0 Å². The molecular formula is C21H23BrN2OS. The molecule has 0 aliphatic carbocycles. The molecule has 0 saturated carbocycles. The van der Waals surface area contributed by atoms with E-state index >= 15 is 0 Å². The van der Waals surface area contributed by atoms with Crippen LogP contribution in [0.25, 0.3) is 21.5 Å². The molecule has 1 fully saturated rings. The molecule has 3 aromatic rings. The Morgan fingerprint density at radius 2 is 1.92 bits per heavy atom. The summed E-state index contributed by atoms with van der Waals surface area (Å²) in [6, 6.07) is 12.3. The number of halogens is 1. The highest BCUT2D eigenvalue weighted by atomic mass is 79.9. The summed E-state index contributed by atoms with van der Waals surface area (Å²) in [5.74, 6) is 0. The van der Waals surface area contributed by atoms with E-state index in [1.54, 1.807) is 11.3 Å². The first-order chi connectivity index (χ1) is 12.7. The van der Waals surface area contributed by atoms with Crippen LogP contribution in [0.5, 0.6) is 0 Å². The van der Waals surface area contributed by atoms with E-state index in [1.807, 2.05) is 24.3 Å². The van der Waals surface area contributed by atoms with Crippen LogP contribution in [-0.4, -0.2) is 34.6 Å². The molecule has 4 rings (SSSR count). The Labute approximate surface area is 166 Å². The Morgan fingerprint density at radius 1 is 1.12 bits per heavy atom. The molecule has 3 nitrogen and oxygen atoms in total. The van der Waals surface area contributed by atoms with Gasteiger partial charge in [0.25, 0.3) is 0 Å². The van der Waals surface area contributed by atoms with Gasteiger partial charge in [-0.3, -0.25) is 0 Å². The van der Waals surface area contributed by atoms with Gasteiger partial charge in [0.2, 0.25) is 0 Å². The number of nitrogens with zero attached hydrogens (tertiary/aromatic N) is 2. The van der Waals surface area contributed by atoms with Gasteiger partial charge in [0.1, 0.15) is 0 Å². The number of benzene rings is 1. The number of likely N-dealkylation sites (tertiary alicyclic amines) is 1. The SMILES string of the molecule is OC(CN1CCCCCC1)c1cc(-c2cccs2)nc2cccc(Br)c12. The molecule has 1 aromatic carbocycles. The number of β-amino-alcohol motifs (C(OH)–C–C–N with tert-alkyl or cyclic N) is 1. The van der Waals surface area contributed by atoms with Gasteiger partial charge in [-0.15, -0.1) is 11.3 Å². The lowest BCUT2D eigenvalue weighted by atomic mass is 10.0. The average Bonchev–Trinajstić information content (AvgIpc) is 3.07. The molecule has 136 valence electrons. The number of rotatable bonds is 4. The van der Waals surface area contributed by atoms with Crippen molar-refractivity contribution >= 4 is 38.2 Å². The monoisotopic (exact) mass is 430 g/mol. The van der Waals surface area contributed by atoms with E-state index < -0.39 is 6.10 Å². The zero-order valence-electron chi connectivity index (χ0n) is 14.7. The number of aliphatic hydroxyl groups is 1. The van der Waals surface area contributed by atoms with Crippen LogP contribution < -0.4 is 0 Å². The summed E-state index contributed by atoms with van der Waals surface area (Å²) in [6.07, 6.45) is 4.55. The number of fused-ring (bicyclic) bond motifs is 1. The molecular weight excluding hydrogens is 408 g/mol. The number of aromatic nitrogens is 1. The van der Waals surface area contributed by atoms with Crippen LogP contribution in [0.1, 0.15) is 37.4 Å². The van der Waals surface area contributed by atoms with Crippen LogP contribution in [0.15, 0.2) is 46.3 Å². The van der Waals surface area contributed by atoms with Crippen molar-refractivity contribution in [2.75, 3.05) is 19.6 Å². The highest BCUT2D eigenvalue weighted by Crippen LogP contribution is 2.35. The normalized spacial score (nSPS) is 17.3. The second kappa shape index (κ2) is 8.17. The van der Waals surface area contributed by atoms with Crippen LogP contribution >= 0.6 is 27.3 Å². The topological polar surface area (TPSA) is 36.4 Å². The Hall–Kier alpha value is -1.27. The first-order valence-corrected chi connectivity index (χ1v) is 10.9. The standard InChI is InChI=1S/C21H23BrN2OS/c22-16-7-5-8-17-21(16)15(13-18(23-17)20-9-6-12-26-20)19(25)14-24-10-3-1-2-4-11-24/h5-9,12-13,19,25H,1-4,10-11,14H2. The van der Waals surface area contributed by atoms with Gasteiger partial charge in [0, 0.05) is 16.4 Å². The molecule has 1 N–H and O–H groups in total. The fourth-order valence-electron chi connectivity index (χ4n) is 3.75. The van der Waals surface area contributed by atoms with Crippen LogP contribution in [-0.2, 0) is 0 Å². The van der Waals surface area contributed by atoms with E-state index in [0.717, 1.165) is 44.6 Å². The van der Waals surface area contributed by atoms with Gasteiger partial charge < -0.3 is 10.0 Å². The van der Waals surface area contributed by atoms with Crippen LogP contribution in [0.3, 0.4) is 0 Å². The second-order valence-corrected chi connectivity index (χ2v) is 8.74. The second-order valence-electron chi connectivity index (χ2n) is 6.94. The summed E-state index contributed by atoms with van der Waals surface area (Å²) in [4.78, 5) is 8.38. The number of aliphatic hydroxyl groups excluding tert-OH is 1. The van der Waals surface area contributed by atoms with Crippen LogP contribution in [0.4, 0.5) is 0 Å². The first kappa shape index (κ1) is 18.1. The summed E-state index contributed by atoms with van der Waals surface area (Å²) in [6.45, 7) is 2.85. The third-order valence-corrected chi connectivity index (χ3v) is 6.63. The Bertz CT molecular complexity index is 873. The van der Waals surface area contributed by atoms with Gasteiger partial charge in [-0.05, 0) is 61.1 Å². The zero-order valence-corrected chi connectivity index (χ0v) is 17.1. The number of pyridine rings is 1. The summed E-state index contributed by atoms with van der Waals surface area (Å²) in [5, 5.41) is 14.2. The average molecular weight is 431 g/mol. The van der Waals surface area contributed by atoms with Gasteiger partial charge in [0.05, 0.1) is 22.2 Å². The minimum atomic E-state index is -0.518. The van der Waals surface area contributed by atoms with Gasteiger partial charge in [-0.2, -0.15) is 0 Å². The van der Waals surface area contributed by atoms with Crippen molar-refractivity contribution in [3.8, 4) is 10.6 Å². The van der Waals surface area contributed by atoms with Crippen molar-refractivity contribution in [3.05, 3.63) is 51.8 Å². The number of thiophene rings is 1. The fraction of sp³-hybridized carbons (Fsp3) is 0.381. The molecule has 26 heavy (non-hydrogen) atoms. The minimum absolute atomic E-state index is 0.518. The lowest BCUT2D eigenvalue weighted by molar-refractivity contribution is 0.116. The van der Waals surface area contributed by atoms with Crippen LogP contribution in [0.2, 0.25) is 0 Å². The maximum Gasteiger partial charge on any atom is 0.0924 e. The lowest BCUT2D eigenvalue weighted by Crippen LogP contribution is -2.29. The van der Waals surface area contributed by atoms with E-state index in [9.17, 15) is 5.11 Å². The van der Waals surface area contributed by atoms with Gasteiger partial charge >= 0.3 is 0 Å². The Morgan fingerprint density at radius 3 is 2.65 bits per heavy atom. The highest BCUT2D eigenvalue weighted by Gasteiger charge is 2.20. The molecule has 1 aliphatic heterocycles. The maximum absolute atomic E-state index is 11.1. The van der Waals surface area contributed by atoms with Gasteiger partial charge in [-0.25, -0.2) is 4.98 Å². The van der Waals surface area contributed by atoms with Crippen molar-refractivity contribution in [3.63, 3.8) is 0 Å². The molecule has 3 heterocycles. The van der Waals surface area contributed by atoms with E-state index in [2.05, 4.69) is 38.3 Å². The van der Waals surface area contributed by atoms with E-state index in [0.29, 0.717) is 6.54 Å². The molecule has 0 radical (unpaired) electrons. The Kier molecular flexibility index (Phi) is 5.69. The molecule has 5 heteroatoms. The molecule has 1 atom stereocenters. The largest absolute Gasteiger partial charge is 0.387 e. The molecule has 0 amide bonds. The molecule has 1 saturated heterocycles. The summed E-state index contributed by atoms with van der Waals surface area (Å²) >= 11 is 5.35. The first-order valence-electron chi connectivity index (χ1n) is 9.26. The van der Waals surface area contributed by atoms with Gasteiger partial charge in [-0.1, -0.05) is 40.9 Å². The van der Waals surface area contributed by atoms with E-state index in [4.69, 9.17) is 4.98 Å². The lowest BCUT2D eigenvalue weighted by Gasteiger charge is -2.24. The predicted octanol–water partition coefficient (Wildman–Crippen LogP) is 5.64. The summed E-state index contributed by atoms with van der Waals surface area (Å²) in [5.41, 5.74) is 2.83. The highest BCUT2D eigenvalue weighted by molar-refractivity contribution is 9.10.